The Balaban J connectivity index is 2.30. The molecule has 1 saturated carbocycles. The van der Waals surface area contributed by atoms with Gasteiger partial charge < -0.3 is 0 Å². The molecule has 0 aliphatic heterocycles. The third-order valence-corrected chi connectivity index (χ3v) is 1.94. The number of rotatable bonds is 1. The van der Waals surface area contributed by atoms with Crippen LogP contribution in [0.1, 0.15) is 25.7 Å². The average Bonchev–Trinajstić information content (AvgIpc) is 2.14. The number of halogens is 1. The summed E-state index contributed by atoms with van der Waals surface area (Å²) in [4.78, 5) is 0. The Hall–Kier alpha value is -0.0700. The highest BCUT2D eigenvalue weighted by molar-refractivity contribution is 4.76. The molecule has 1 aliphatic carbocycles. The Morgan fingerprint density at radius 2 is 2.25 bits per heavy atom. The highest BCUT2D eigenvalue weighted by atomic mass is 19.1. The molecule has 2 unspecified atom stereocenters. The van der Waals surface area contributed by atoms with Crippen molar-refractivity contribution in [3.63, 3.8) is 0 Å². The smallest absolute Gasteiger partial charge is 0.103 e. The van der Waals surface area contributed by atoms with Crippen LogP contribution in [-0.4, -0.2) is 6.17 Å². The molecule has 1 radical (unpaired) electrons. The van der Waals surface area contributed by atoms with E-state index >= 15 is 0 Å². The fourth-order valence-corrected chi connectivity index (χ4v) is 1.32. The number of alkyl halides is 1. The third-order valence-electron chi connectivity index (χ3n) is 1.94. The van der Waals surface area contributed by atoms with Gasteiger partial charge in [-0.25, -0.2) is 4.39 Å². The lowest BCUT2D eigenvalue weighted by Gasteiger charge is -2.06. The first-order chi connectivity index (χ1) is 3.84. The molecule has 2 atom stereocenters. The minimum Gasteiger partial charge on any atom is -0.247 e. The zero-order chi connectivity index (χ0) is 5.98. The molecule has 1 aliphatic rings. The molecule has 0 bridgehead atoms. The summed E-state index contributed by atoms with van der Waals surface area (Å²) in [7, 11) is 0. The summed E-state index contributed by atoms with van der Waals surface area (Å²) in [6.07, 6.45) is 3.15. The molecule has 1 heteroatoms. The number of hydrogen-bond donors (Lipinski definition) is 0. The topological polar surface area (TPSA) is 0 Å². The minimum atomic E-state index is -0.535. The highest BCUT2D eigenvalue weighted by Gasteiger charge is 2.24. The Kier molecular flexibility index (Phi) is 1.87. The SMILES string of the molecule is [CH2]CC1CCCC1F. The molecule has 0 amide bonds. The van der Waals surface area contributed by atoms with Crippen LogP contribution < -0.4 is 0 Å². The Morgan fingerprint density at radius 3 is 2.50 bits per heavy atom. The summed E-state index contributed by atoms with van der Waals surface area (Å²) in [5.74, 6) is 0.287. The van der Waals surface area contributed by atoms with Crippen LogP contribution in [0.15, 0.2) is 0 Å². The van der Waals surface area contributed by atoms with Crippen molar-refractivity contribution in [2.24, 2.45) is 5.92 Å². The van der Waals surface area contributed by atoms with Crippen LogP contribution in [0, 0.1) is 12.8 Å². The predicted molar refractivity (Wildman–Crippen MR) is 32.2 cm³/mol. The van der Waals surface area contributed by atoms with Crippen LogP contribution in [-0.2, 0) is 0 Å². The lowest BCUT2D eigenvalue weighted by molar-refractivity contribution is 0.264. The lowest BCUT2D eigenvalue weighted by Crippen LogP contribution is -2.05. The fraction of sp³-hybridized carbons (Fsp3) is 0.857. The highest BCUT2D eigenvalue weighted by Crippen LogP contribution is 2.29. The van der Waals surface area contributed by atoms with Crippen LogP contribution in [0.5, 0.6) is 0 Å². The van der Waals surface area contributed by atoms with Gasteiger partial charge in [-0.05, 0) is 25.2 Å². The van der Waals surface area contributed by atoms with Gasteiger partial charge in [0.1, 0.15) is 6.17 Å². The van der Waals surface area contributed by atoms with E-state index in [-0.39, 0.29) is 5.92 Å². The molecule has 0 N–H and O–H groups in total. The molecule has 0 saturated heterocycles. The average molecular weight is 115 g/mol. The zero-order valence-corrected chi connectivity index (χ0v) is 5.07. The van der Waals surface area contributed by atoms with Crippen molar-refractivity contribution in [2.45, 2.75) is 31.9 Å². The molecule has 0 nitrogen and oxygen atoms in total. The van der Waals surface area contributed by atoms with E-state index in [1.807, 2.05) is 0 Å². The Bertz CT molecular complexity index is 70.8. The van der Waals surface area contributed by atoms with E-state index in [1.54, 1.807) is 0 Å². The Labute approximate surface area is 50.1 Å². The summed E-state index contributed by atoms with van der Waals surface area (Å²) in [5, 5.41) is 0. The normalized spacial score (nSPS) is 38.2. The van der Waals surface area contributed by atoms with Gasteiger partial charge in [-0.3, -0.25) is 0 Å². The van der Waals surface area contributed by atoms with E-state index < -0.39 is 6.17 Å². The first kappa shape index (κ1) is 6.06. The van der Waals surface area contributed by atoms with E-state index in [2.05, 4.69) is 6.92 Å². The quantitative estimate of drug-likeness (QED) is 0.492. The Morgan fingerprint density at radius 1 is 1.50 bits per heavy atom. The molecule has 0 heterocycles. The van der Waals surface area contributed by atoms with Gasteiger partial charge in [0.05, 0.1) is 0 Å². The molecule has 8 heavy (non-hydrogen) atoms. The third kappa shape index (κ3) is 1.01. The molecular weight excluding hydrogens is 103 g/mol. The van der Waals surface area contributed by atoms with Gasteiger partial charge >= 0.3 is 0 Å². The number of hydrogen-bond acceptors (Lipinski definition) is 0. The van der Waals surface area contributed by atoms with Crippen molar-refractivity contribution in [1.29, 1.82) is 0 Å². The second-order valence-electron chi connectivity index (χ2n) is 2.50. The van der Waals surface area contributed by atoms with Crippen LogP contribution in [0.2, 0.25) is 0 Å². The standard InChI is InChI=1S/C7H12F/c1-2-6-4-3-5-7(6)8/h6-7H,1-5H2. The van der Waals surface area contributed by atoms with Crippen LogP contribution >= 0.6 is 0 Å². The summed E-state index contributed by atoms with van der Waals surface area (Å²) in [6.45, 7) is 3.68. The van der Waals surface area contributed by atoms with E-state index in [1.165, 1.54) is 0 Å². The molecule has 1 fully saturated rings. The van der Waals surface area contributed by atoms with Gasteiger partial charge in [0.25, 0.3) is 0 Å². The van der Waals surface area contributed by atoms with E-state index in [4.69, 9.17) is 0 Å². The van der Waals surface area contributed by atoms with Crippen molar-refractivity contribution in [1.82, 2.24) is 0 Å². The van der Waals surface area contributed by atoms with Gasteiger partial charge in [-0.1, -0.05) is 13.3 Å². The van der Waals surface area contributed by atoms with E-state index in [0.717, 1.165) is 25.7 Å². The second kappa shape index (κ2) is 2.47. The van der Waals surface area contributed by atoms with E-state index in [9.17, 15) is 4.39 Å². The van der Waals surface area contributed by atoms with E-state index in [0.29, 0.717) is 0 Å². The maximum Gasteiger partial charge on any atom is 0.103 e. The van der Waals surface area contributed by atoms with Gasteiger partial charge in [-0.15, -0.1) is 0 Å². The summed E-state index contributed by atoms with van der Waals surface area (Å²) in [6, 6.07) is 0. The molecule has 1 rings (SSSR count). The van der Waals surface area contributed by atoms with Crippen LogP contribution in [0.4, 0.5) is 4.39 Å². The summed E-state index contributed by atoms with van der Waals surface area (Å²) in [5.41, 5.74) is 0. The molecule has 0 spiro atoms. The van der Waals surface area contributed by atoms with Crippen molar-refractivity contribution in [3.8, 4) is 0 Å². The van der Waals surface area contributed by atoms with Crippen LogP contribution in [0.25, 0.3) is 0 Å². The molecular formula is C7H12F. The van der Waals surface area contributed by atoms with Gasteiger partial charge in [0.2, 0.25) is 0 Å². The van der Waals surface area contributed by atoms with Crippen LogP contribution in [0.3, 0.4) is 0 Å². The van der Waals surface area contributed by atoms with Crippen molar-refractivity contribution >= 4 is 0 Å². The van der Waals surface area contributed by atoms with Gasteiger partial charge in [0.15, 0.2) is 0 Å². The van der Waals surface area contributed by atoms with Crippen molar-refractivity contribution in [2.75, 3.05) is 0 Å². The first-order valence-corrected chi connectivity index (χ1v) is 3.28. The fourth-order valence-electron chi connectivity index (χ4n) is 1.32. The predicted octanol–water partition coefficient (Wildman–Crippen LogP) is 2.35. The minimum absolute atomic E-state index is 0.287. The molecule has 0 aromatic rings. The molecule has 0 aromatic carbocycles. The van der Waals surface area contributed by atoms with Crippen molar-refractivity contribution in [3.05, 3.63) is 6.92 Å². The molecule has 0 aromatic heterocycles. The first-order valence-electron chi connectivity index (χ1n) is 3.28. The lowest BCUT2D eigenvalue weighted by atomic mass is 10.0. The summed E-state index contributed by atoms with van der Waals surface area (Å²) >= 11 is 0. The second-order valence-corrected chi connectivity index (χ2v) is 2.50. The van der Waals surface area contributed by atoms with Gasteiger partial charge in [-0.2, -0.15) is 0 Å². The zero-order valence-electron chi connectivity index (χ0n) is 5.07. The van der Waals surface area contributed by atoms with Crippen molar-refractivity contribution < 1.29 is 4.39 Å². The molecule has 47 valence electrons. The summed E-state index contributed by atoms with van der Waals surface area (Å²) < 4.78 is 12.5. The largest absolute Gasteiger partial charge is 0.247 e. The van der Waals surface area contributed by atoms with Gasteiger partial charge in [0, 0.05) is 0 Å². The maximum atomic E-state index is 12.5. The maximum absolute atomic E-state index is 12.5. The monoisotopic (exact) mass is 115 g/mol.